The van der Waals surface area contributed by atoms with E-state index in [0.717, 1.165) is 49.1 Å². The summed E-state index contributed by atoms with van der Waals surface area (Å²) in [6, 6.07) is 9.68. The van der Waals surface area contributed by atoms with Crippen LogP contribution in [0.5, 0.6) is 0 Å². The Bertz CT molecular complexity index is 1840. The summed E-state index contributed by atoms with van der Waals surface area (Å²) in [5.41, 5.74) is 12.6. The minimum atomic E-state index is -0.802. The Morgan fingerprint density at radius 2 is 2.10 bits per heavy atom. The number of terminal acetylenes is 1. The Morgan fingerprint density at radius 1 is 1.29 bits per heavy atom. The van der Waals surface area contributed by atoms with E-state index in [9.17, 15) is 4.79 Å². The summed E-state index contributed by atoms with van der Waals surface area (Å²) in [5, 5.41) is 17.0. The van der Waals surface area contributed by atoms with Crippen LogP contribution < -0.4 is 16.4 Å². The second-order valence-corrected chi connectivity index (χ2v) is 13.3. The lowest BCUT2D eigenvalue weighted by Crippen LogP contribution is -2.34. The second kappa shape index (κ2) is 10.1. The SMILES string of the molecule is C#Cc1cnc2c(Br)cc(N[C@H](c3cn(C4(C(N)=O)CC4)nn3)c3cccc4ncsc34)cc2c1NCC(C)(C)C. The van der Waals surface area contributed by atoms with Crippen molar-refractivity contribution in [2.24, 2.45) is 11.1 Å². The Labute approximate surface area is 250 Å². The first kappa shape index (κ1) is 27.2. The topological polar surface area (TPSA) is 124 Å². The Balaban J connectivity index is 1.47. The third kappa shape index (κ3) is 5.02. The number of benzene rings is 2. The van der Waals surface area contributed by atoms with Crippen molar-refractivity contribution in [1.82, 2.24) is 25.0 Å². The van der Waals surface area contributed by atoms with Crippen molar-refractivity contribution in [3.63, 3.8) is 0 Å². The van der Waals surface area contributed by atoms with Crippen molar-refractivity contribution in [2.75, 3.05) is 17.2 Å². The average Bonchev–Trinajstić information content (AvgIpc) is 3.35. The number of amides is 1. The monoisotopic (exact) mass is 628 g/mol. The molecule has 9 nitrogen and oxygen atoms in total. The van der Waals surface area contributed by atoms with Gasteiger partial charge in [0, 0.05) is 28.3 Å². The van der Waals surface area contributed by atoms with Crippen LogP contribution >= 0.6 is 27.3 Å². The molecule has 0 spiro atoms. The predicted octanol–water partition coefficient (Wildman–Crippen LogP) is 5.81. The number of carbonyl (C=O) groups excluding carboxylic acids is 1. The number of nitrogens with zero attached hydrogens (tertiary/aromatic N) is 5. The number of rotatable bonds is 8. The largest absolute Gasteiger partial charge is 0.383 e. The molecule has 41 heavy (non-hydrogen) atoms. The Kier molecular flexibility index (Phi) is 6.71. The maximum Gasteiger partial charge on any atom is 0.245 e. The minimum Gasteiger partial charge on any atom is -0.383 e. The highest BCUT2D eigenvalue weighted by Gasteiger charge is 2.52. The summed E-state index contributed by atoms with van der Waals surface area (Å²) >= 11 is 5.30. The highest BCUT2D eigenvalue weighted by molar-refractivity contribution is 9.10. The molecule has 1 aliphatic carbocycles. The van der Waals surface area contributed by atoms with E-state index in [0.29, 0.717) is 24.1 Å². The molecule has 0 bridgehead atoms. The molecule has 1 saturated carbocycles. The number of pyridine rings is 1. The third-order valence-electron chi connectivity index (χ3n) is 7.31. The van der Waals surface area contributed by atoms with E-state index in [1.165, 1.54) is 0 Å². The van der Waals surface area contributed by atoms with Gasteiger partial charge in [0.1, 0.15) is 11.2 Å². The lowest BCUT2D eigenvalue weighted by atomic mass is 9.96. The van der Waals surface area contributed by atoms with Gasteiger partial charge < -0.3 is 16.4 Å². The van der Waals surface area contributed by atoms with Gasteiger partial charge in [-0.1, -0.05) is 44.0 Å². The van der Waals surface area contributed by atoms with Crippen molar-refractivity contribution < 1.29 is 4.79 Å². The van der Waals surface area contributed by atoms with Gasteiger partial charge in [-0.3, -0.25) is 9.78 Å². The first-order valence-electron chi connectivity index (χ1n) is 13.2. The quantitative estimate of drug-likeness (QED) is 0.185. The molecule has 0 unspecified atom stereocenters. The van der Waals surface area contributed by atoms with Crippen LogP contribution in [0, 0.1) is 17.8 Å². The standard InChI is InChI=1S/C30H29BrN8OS/c1-5-17-13-33-25-20(24(17)34-15-29(2,3)4)11-18(12-21(25)31)36-26(19-7-6-8-22-27(19)41-16-35-22)23-14-39(38-37-23)30(9-10-30)28(32)40/h1,6-8,11-14,16,26,36H,9-10,15H2,2-4H3,(H2,32,40)(H,33,34)/t26-/m0/s1. The summed E-state index contributed by atoms with van der Waals surface area (Å²) in [6.45, 7) is 7.24. The molecule has 208 valence electrons. The summed E-state index contributed by atoms with van der Waals surface area (Å²) in [6.07, 6.45) is 10.7. The van der Waals surface area contributed by atoms with Gasteiger partial charge in [-0.05, 0) is 57.9 Å². The molecule has 1 aliphatic rings. The predicted molar refractivity (Wildman–Crippen MR) is 167 cm³/mol. The molecule has 1 fully saturated rings. The van der Waals surface area contributed by atoms with Gasteiger partial charge in [-0.2, -0.15) is 0 Å². The maximum atomic E-state index is 12.2. The van der Waals surface area contributed by atoms with Crippen LogP contribution in [0.1, 0.15) is 56.5 Å². The molecule has 11 heteroatoms. The number of hydrogen-bond acceptors (Lipinski definition) is 8. The number of halogens is 1. The number of nitrogens with two attached hydrogens (primary N) is 1. The fourth-order valence-corrected chi connectivity index (χ4v) is 6.33. The average molecular weight is 630 g/mol. The van der Waals surface area contributed by atoms with Crippen molar-refractivity contribution in [3.8, 4) is 12.3 Å². The van der Waals surface area contributed by atoms with Crippen molar-refractivity contribution in [1.29, 1.82) is 0 Å². The summed E-state index contributed by atoms with van der Waals surface area (Å²) < 4.78 is 3.48. The van der Waals surface area contributed by atoms with E-state index in [1.54, 1.807) is 22.2 Å². The van der Waals surface area contributed by atoms with Crippen LogP contribution in [-0.4, -0.2) is 37.4 Å². The molecule has 0 saturated heterocycles. The minimum absolute atomic E-state index is 0.0444. The van der Waals surface area contributed by atoms with E-state index in [-0.39, 0.29) is 5.41 Å². The van der Waals surface area contributed by atoms with Crippen LogP contribution in [0.15, 0.2) is 52.7 Å². The molecule has 0 aliphatic heterocycles. The number of anilines is 2. The molecular formula is C30H29BrN8OS. The number of primary amides is 1. The van der Waals surface area contributed by atoms with Gasteiger partial charge in [-0.15, -0.1) is 22.9 Å². The molecular weight excluding hydrogens is 600 g/mol. The molecule has 3 aromatic heterocycles. The van der Waals surface area contributed by atoms with E-state index >= 15 is 0 Å². The third-order valence-corrected chi connectivity index (χ3v) is 8.81. The zero-order chi connectivity index (χ0) is 28.9. The normalized spacial score (nSPS) is 15.0. The number of carbonyl (C=O) groups is 1. The lowest BCUT2D eigenvalue weighted by Gasteiger charge is -2.23. The van der Waals surface area contributed by atoms with E-state index in [1.807, 2.05) is 29.9 Å². The van der Waals surface area contributed by atoms with Crippen LogP contribution in [0.3, 0.4) is 0 Å². The molecule has 6 rings (SSSR count). The van der Waals surface area contributed by atoms with Gasteiger partial charge in [0.25, 0.3) is 0 Å². The first-order valence-corrected chi connectivity index (χ1v) is 14.9. The lowest BCUT2D eigenvalue weighted by molar-refractivity contribution is -0.122. The highest BCUT2D eigenvalue weighted by atomic mass is 79.9. The molecule has 5 aromatic rings. The fraction of sp³-hybridized carbons (Fsp3) is 0.300. The van der Waals surface area contributed by atoms with Crippen molar-refractivity contribution in [2.45, 2.75) is 45.2 Å². The van der Waals surface area contributed by atoms with E-state index in [4.69, 9.17) is 12.2 Å². The molecule has 3 heterocycles. The van der Waals surface area contributed by atoms with E-state index in [2.05, 4.69) is 85.7 Å². The smallest absolute Gasteiger partial charge is 0.245 e. The number of thiazole rings is 1. The van der Waals surface area contributed by atoms with E-state index < -0.39 is 17.5 Å². The molecule has 1 amide bonds. The van der Waals surface area contributed by atoms with Crippen LogP contribution in [0.4, 0.5) is 11.4 Å². The van der Waals surface area contributed by atoms with Gasteiger partial charge in [0.2, 0.25) is 5.91 Å². The zero-order valence-corrected chi connectivity index (χ0v) is 25.3. The van der Waals surface area contributed by atoms with Gasteiger partial charge in [0.05, 0.1) is 44.7 Å². The molecule has 0 radical (unpaired) electrons. The summed E-state index contributed by atoms with van der Waals surface area (Å²) in [7, 11) is 0. The Morgan fingerprint density at radius 3 is 2.80 bits per heavy atom. The summed E-state index contributed by atoms with van der Waals surface area (Å²) in [4.78, 5) is 21.4. The molecule has 2 aromatic carbocycles. The zero-order valence-electron chi connectivity index (χ0n) is 22.9. The highest BCUT2D eigenvalue weighted by Crippen LogP contribution is 2.43. The van der Waals surface area contributed by atoms with Crippen molar-refractivity contribution >= 4 is 65.7 Å². The van der Waals surface area contributed by atoms with Crippen LogP contribution in [-0.2, 0) is 10.3 Å². The Hall–Kier alpha value is -4.01. The van der Waals surface area contributed by atoms with Gasteiger partial charge in [-0.25, -0.2) is 9.67 Å². The molecule has 4 N–H and O–H groups in total. The van der Waals surface area contributed by atoms with Crippen LogP contribution in [0.2, 0.25) is 0 Å². The first-order chi connectivity index (χ1) is 19.6. The number of nitrogens with one attached hydrogen (secondary N) is 2. The second-order valence-electron chi connectivity index (χ2n) is 11.6. The van der Waals surface area contributed by atoms with Crippen LogP contribution in [0.25, 0.3) is 21.1 Å². The number of hydrogen-bond donors (Lipinski definition) is 3. The molecule has 1 atom stereocenters. The van der Waals surface area contributed by atoms with Gasteiger partial charge in [0.15, 0.2) is 0 Å². The number of aromatic nitrogens is 5. The van der Waals surface area contributed by atoms with Gasteiger partial charge >= 0.3 is 0 Å². The van der Waals surface area contributed by atoms with Crippen molar-refractivity contribution in [3.05, 3.63) is 69.5 Å². The summed E-state index contributed by atoms with van der Waals surface area (Å²) in [5.74, 6) is 2.38. The maximum absolute atomic E-state index is 12.2. The fourth-order valence-electron chi connectivity index (χ4n) is 4.93. The number of fused-ring (bicyclic) bond motifs is 2.